The first-order chi connectivity index (χ1) is 10.3. The Kier molecular flexibility index (Phi) is 16.1. The summed E-state index contributed by atoms with van der Waals surface area (Å²) in [5.74, 6) is -0.682. The second kappa shape index (κ2) is 17.0. The summed E-state index contributed by atoms with van der Waals surface area (Å²) in [6, 6.07) is 0. The molecule has 0 heterocycles. The highest BCUT2D eigenvalue weighted by Crippen LogP contribution is 2.08. The van der Waals surface area contributed by atoms with Crippen LogP contribution >= 0.6 is 0 Å². The first kappa shape index (κ1) is 19.9. The molecule has 21 heavy (non-hydrogen) atoms. The Morgan fingerprint density at radius 1 is 0.714 bits per heavy atom. The molecule has 0 bridgehead atoms. The predicted molar refractivity (Wildman–Crippen MR) is 88.4 cm³/mol. The molecule has 0 aliphatic carbocycles. The molecule has 0 rings (SSSR count). The number of carbonyl (C=O) groups is 1. The highest BCUT2D eigenvalue weighted by atomic mass is 16.4. The maximum absolute atomic E-state index is 10.3. The minimum absolute atomic E-state index is 0.310. The fraction of sp³-hybridized carbons (Fsp3) is 0.722. The molecule has 0 fully saturated rings. The van der Waals surface area contributed by atoms with Crippen molar-refractivity contribution in [2.45, 2.75) is 77.0 Å². The number of carboxylic acids is 1. The van der Waals surface area contributed by atoms with Crippen LogP contribution in [-0.2, 0) is 4.79 Å². The van der Waals surface area contributed by atoms with Crippen molar-refractivity contribution in [1.29, 1.82) is 0 Å². The Hall–Kier alpha value is -1.09. The number of hydrogen-bond acceptors (Lipinski definition) is 2. The lowest BCUT2D eigenvalue weighted by Crippen LogP contribution is -1.93. The van der Waals surface area contributed by atoms with Gasteiger partial charge in [0, 0.05) is 13.0 Å². The molecule has 3 heteroatoms. The van der Waals surface area contributed by atoms with Crippen molar-refractivity contribution in [2.75, 3.05) is 6.61 Å². The molecule has 0 amide bonds. The van der Waals surface area contributed by atoms with Crippen molar-refractivity contribution in [3.63, 3.8) is 0 Å². The third kappa shape index (κ3) is 18.9. The SMILES string of the molecule is O=C(O)CCCCCCCC=CC=CCCCCCCO. The molecule has 2 N–H and O–H groups in total. The largest absolute Gasteiger partial charge is 0.481 e. The van der Waals surface area contributed by atoms with E-state index in [1.807, 2.05) is 0 Å². The molecule has 0 aliphatic rings. The molecule has 3 nitrogen and oxygen atoms in total. The molecule has 0 saturated heterocycles. The van der Waals surface area contributed by atoms with Gasteiger partial charge in [0.1, 0.15) is 0 Å². The van der Waals surface area contributed by atoms with Crippen molar-refractivity contribution < 1.29 is 15.0 Å². The third-order valence-electron chi connectivity index (χ3n) is 3.42. The van der Waals surface area contributed by atoms with Crippen LogP contribution in [0.25, 0.3) is 0 Å². The molecule has 0 aromatic carbocycles. The summed E-state index contributed by atoms with van der Waals surface area (Å²) in [7, 11) is 0. The monoisotopic (exact) mass is 296 g/mol. The number of allylic oxidation sites excluding steroid dienone is 4. The van der Waals surface area contributed by atoms with Gasteiger partial charge in [0.15, 0.2) is 0 Å². The zero-order chi connectivity index (χ0) is 15.6. The summed E-state index contributed by atoms with van der Waals surface area (Å²) in [6.45, 7) is 0.318. The Bertz CT molecular complexity index is 282. The molecule has 0 unspecified atom stereocenters. The Morgan fingerprint density at radius 3 is 1.71 bits per heavy atom. The maximum Gasteiger partial charge on any atom is 0.303 e. The summed E-state index contributed by atoms with van der Waals surface area (Å²) in [6.07, 6.45) is 21.1. The highest BCUT2D eigenvalue weighted by Gasteiger charge is 1.95. The van der Waals surface area contributed by atoms with E-state index in [1.54, 1.807) is 0 Å². The van der Waals surface area contributed by atoms with Crippen LogP contribution in [0.1, 0.15) is 77.0 Å². The Labute approximate surface area is 129 Å². The minimum atomic E-state index is -0.682. The van der Waals surface area contributed by atoms with E-state index in [0.717, 1.165) is 44.9 Å². The molecule has 0 radical (unpaired) electrons. The Morgan fingerprint density at radius 2 is 1.19 bits per heavy atom. The van der Waals surface area contributed by atoms with Crippen LogP contribution in [0.4, 0.5) is 0 Å². The average molecular weight is 296 g/mol. The summed E-state index contributed by atoms with van der Waals surface area (Å²) in [5, 5.41) is 17.1. The highest BCUT2D eigenvalue weighted by molar-refractivity contribution is 5.66. The standard InChI is InChI=1S/C18H32O3/c19-17-15-13-11-9-7-5-3-1-2-4-6-8-10-12-14-16-18(20)21/h1-3,5,19H,4,6-17H2,(H,20,21). The van der Waals surface area contributed by atoms with E-state index in [9.17, 15) is 4.79 Å². The second-order valence-corrected chi connectivity index (χ2v) is 5.48. The number of rotatable bonds is 15. The smallest absolute Gasteiger partial charge is 0.303 e. The van der Waals surface area contributed by atoms with E-state index in [-0.39, 0.29) is 0 Å². The number of carboxylic acid groups (broad SMARTS) is 1. The normalized spacial score (nSPS) is 11.7. The predicted octanol–water partition coefficient (Wildman–Crippen LogP) is 4.86. The minimum Gasteiger partial charge on any atom is -0.481 e. The maximum atomic E-state index is 10.3. The van der Waals surface area contributed by atoms with Crippen molar-refractivity contribution >= 4 is 5.97 Å². The van der Waals surface area contributed by atoms with E-state index >= 15 is 0 Å². The van der Waals surface area contributed by atoms with Crippen LogP contribution in [-0.4, -0.2) is 22.8 Å². The Balaban J connectivity index is 3.19. The van der Waals surface area contributed by atoms with Gasteiger partial charge in [0.25, 0.3) is 0 Å². The van der Waals surface area contributed by atoms with Crippen molar-refractivity contribution in [3.05, 3.63) is 24.3 Å². The molecular formula is C18H32O3. The van der Waals surface area contributed by atoms with E-state index in [4.69, 9.17) is 10.2 Å². The van der Waals surface area contributed by atoms with Crippen LogP contribution < -0.4 is 0 Å². The fourth-order valence-corrected chi connectivity index (χ4v) is 2.15. The molecular weight excluding hydrogens is 264 g/mol. The summed E-state index contributed by atoms with van der Waals surface area (Å²) >= 11 is 0. The molecule has 0 spiro atoms. The summed E-state index contributed by atoms with van der Waals surface area (Å²) in [5.41, 5.74) is 0. The lowest BCUT2D eigenvalue weighted by atomic mass is 10.1. The van der Waals surface area contributed by atoms with Gasteiger partial charge in [0.2, 0.25) is 0 Å². The first-order valence-electron chi connectivity index (χ1n) is 8.41. The van der Waals surface area contributed by atoms with E-state index < -0.39 is 5.97 Å². The van der Waals surface area contributed by atoms with Gasteiger partial charge in [-0.25, -0.2) is 0 Å². The zero-order valence-electron chi connectivity index (χ0n) is 13.3. The molecule has 0 saturated carbocycles. The van der Waals surface area contributed by atoms with Crippen molar-refractivity contribution in [2.24, 2.45) is 0 Å². The van der Waals surface area contributed by atoms with E-state index in [1.165, 1.54) is 25.7 Å². The van der Waals surface area contributed by atoms with Crippen LogP contribution in [0, 0.1) is 0 Å². The van der Waals surface area contributed by atoms with Gasteiger partial charge in [-0.2, -0.15) is 0 Å². The van der Waals surface area contributed by atoms with Crippen LogP contribution in [0.2, 0.25) is 0 Å². The second-order valence-electron chi connectivity index (χ2n) is 5.48. The first-order valence-corrected chi connectivity index (χ1v) is 8.41. The van der Waals surface area contributed by atoms with Gasteiger partial charge in [-0.15, -0.1) is 0 Å². The van der Waals surface area contributed by atoms with Gasteiger partial charge in [-0.05, 0) is 38.5 Å². The number of aliphatic hydroxyl groups is 1. The van der Waals surface area contributed by atoms with Gasteiger partial charge in [-0.3, -0.25) is 4.79 Å². The molecule has 0 aliphatic heterocycles. The number of hydrogen-bond donors (Lipinski definition) is 2. The lowest BCUT2D eigenvalue weighted by molar-refractivity contribution is -0.137. The average Bonchev–Trinajstić information content (AvgIpc) is 2.46. The lowest BCUT2D eigenvalue weighted by Gasteiger charge is -1.97. The van der Waals surface area contributed by atoms with Gasteiger partial charge >= 0.3 is 5.97 Å². The number of aliphatic carboxylic acids is 1. The van der Waals surface area contributed by atoms with Crippen molar-refractivity contribution in [1.82, 2.24) is 0 Å². The number of aliphatic hydroxyl groups excluding tert-OH is 1. The summed E-state index contributed by atoms with van der Waals surface area (Å²) < 4.78 is 0. The molecule has 122 valence electrons. The fourth-order valence-electron chi connectivity index (χ4n) is 2.15. The molecule has 0 aromatic rings. The van der Waals surface area contributed by atoms with Gasteiger partial charge < -0.3 is 10.2 Å². The van der Waals surface area contributed by atoms with Gasteiger partial charge in [-0.1, -0.05) is 56.4 Å². The van der Waals surface area contributed by atoms with E-state index in [2.05, 4.69) is 24.3 Å². The van der Waals surface area contributed by atoms with Crippen LogP contribution in [0.3, 0.4) is 0 Å². The quantitative estimate of drug-likeness (QED) is 0.335. The van der Waals surface area contributed by atoms with E-state index in [0.29, 0.717) is 13.0 Å². The topological polar surface area (TPSA) is 57.5 Å². The summed E-state index contributed by atoms with van der Waals surface area (Å²) in [4.78, 5) is 10.3. The molecule has 0 aromatic heterocycles. The van der Waals surface area contributed by atoms with Gasteiger partial charge in [0.05, 0.1) is 0 Å². The van der Waals surface area contributed by atoms with Crippen molar-refractivity contribution in [3.8, 4) is 0 Å². The van der Waals surface area contributed by atoms with Crippen LogP contribution in [0.5, 0.6) is 0 Å². The van der Waals surface area contributed by atoms with Crippen LogP contribution in [0.15, 0.2) is 24.3 Å². The zero-order valence-corrected chi connectivity index (χ0v) is 13.3. The molecule has 0 atom stereocenters. The third-order valence-corrected chi connectivity index (χ3v) is 3.42. The number of unbranched alkanes of at least 4 members (excludes halogenated alkanes) is 9.